The highest BCUT2D eigenvalue weighted by Gasteiger charge is 2.06. The monoisotopic (exact) mass is 273 g/mol. The molecule has 0 aromatic heterocycles. The van der Waals surface area contributed by atoms with Crippen molar-refractivity contribution in [2.45, 2.75) is 13.2 Å². The molecule has 0 aliphatic rings. The van der Waals surface area contributed by atoms with Crippen LogP contribution in [0.5, 0.6) is 17.2 Å². The van der Waals surface area contributed by atoms with Gasteiger partial charge in [-0.05, 0) is 42.4 Å². The highest BCUT2D eigenvalue weighted by atomic mass is 16.5. The van der Waals surface area contributed by atoms with Crippen LogP contribution in [0.4, 0.5) is 0 Å². The Morgan fingerprint density at radius 2 is 1.90 bits per heavy atom. The van der Waals surface area contributed by atoms with Gasteiger partial charge in [-0.1, -0.05) is 18.2 Å². The summed E-state index contributed by atoms with van der Waals surface area (Å²) in [6.07, 6.45) is 0. The fourth-order valence-corrected chi connectivity index (χ4v) is 1.95. The van der Waals surface area contributed by atoms with Crippen molar-refractivity contribution in [2.24, 2.45) is 0 Å². The van der Waals surface area contributed by atoms with Crippen LogP contribution in [0.2, 0.25) is 0 Å². The Labute approximate surface area is 119 Å². The van der Waals surface area contributed by atoms with Gasteiger partial charge in [0.25, 0.3) is 0 Å². The molecule has 106 valence electrons. The first-order valence-electron chi connectivity index (χ1n) is 6.45. The van der Waals surface area contributed by atoms with Gasteiger partial charge in [-0.3, -0.25) is 0 Å². The summed E-state index contributed by atoms with van der Waals surface area (Å²) in [4.78, 5) is 0. The number of hydrogen-bond donors (Lipinski definition) is 2. The molecular formula is C16H19NO3. The molecule has 0 unspecified atom stereocenters. The highest BCUT2D eigenvalue weighted by molar-refractivity contribution is 5.43. The summed E-state index contributed by atoms with van der Waals surface area (Å²) in [5.74, 6) is 1.64. The van der Waals surface area contributed by atoms with Crippen LogP contribution in [0.3, 0.4) is 0 Å². The van der Waals surface area contributed by atoms with Crippen molar-refractivity contribution in [2.75, 3.05) is 14.2 Å². The lowest BCUT2D eigenvalue weighted by molar-refractivity contribution is 0.284. The summed E-state index contributed by atoms with van der Waals surface area (Å²) in [6.45, 7) is 1.17. The summed E-state index contributed by atoms with van der Waals surface area (Å²) < 4.78 is 11.1. The number of aromatic hydroxyl groups is 1. The van der Waals surface area contributed by atoms with Crippen molar-refractivity contribution < 1.29 is 14.6 Å². The van der Waals surface area contributed by atoms with Crippen molar-refractivity contribution >= 4 is 0 Å². The average Bonchev–Trinajstić information content (AvgIpc) is 2.46. The minimum atomic E-state index is 0.238. The average molecular weight is 273 g/mol. The van der Waals surface area contributed by atoms with E-state index in [9.17, 15) is 5.11 Å². The third-order valence-electron chi connectivity index (χ3n) is 2.91. The van der Waals surface area contributed by atoms with Crippen molar-refractivity contribution in [3.63, 3.8) is 0 Å². The Balaban J connectivity index is 2.09. The molecule has 0 saturated heterocycles. The Bertz CT molecular complexity index is 569. The van der Waals surface area contributed by atoms with E-state index in [1.807, 2.05) is 31.3 Å². The van der Waals surface area contributed by atoms with Crippen molar-refractivity contribution in [1.29, 1.82) is 0 Å². The molecule has 20 heavy (non-hydrogen) atoms. The van der Waals surface area contributed by atoms with Crippen LogP contribution in [0.15, 0.2) is 42.5 Å². The van der Waals surface area contributed by atoms with Crippen LogP contribution >= 0.6 is 0 Å². The number of phenols is 1. The Hall–Kier alpha value is -2.20. The number of methoxy groups -OCH3 is 1. The van der Waals surface area contributed by atoms with Gasteiger partial charge in [0.15, 0.2) is 11.5 Å². The maximum atomic E-state index is 9.42. The molecule has 0 fully saturated rings. The van der Waals surface area contributed by atoms with Crippen molar-refractivity contribution in [1.82, 2.24) is 5.32 Å². The summed E-state index contributed by atoms with van der Waals surface area (Å²) in [6, 6.07) is 12.9. The fraction of sp³-hybridized carbons (Fsp3) is 0.250. The lowest BCUT2D eigenvalue weighted by atomic mass is 10.2. The summed E-state index contributed by atoms with van der Waals surface area (Å²) >= 11 is 0. The van der Waals surface area contributed by atoms with E-state index in [1.54, 1.807) is 25.3 Å². The number of phenolic OH excluding ortho intramolecular Hbond substituents is 1. The van der Waals surface area contributed by atoms with Crippen LogP contribution in [-0.4, -0.2) is 19.3 Å². The Kier molecular flexibility index (Phi) is 4.85. The maximum Gasteiger partial charge on any atom is 0.161 e. The zero-order valence-corrected chi connectivity index (χ0v) is 11.7. The molecule has 2 aromatic rings. The first kappa shape index (κ1) is 14.2. The van der Waals surface area contributed by atoms with E-state index in [4.69, 9.17) is 9.47 Å². The molecule has 0 saturated carbocycles. The largest absolute Gasteiger partial charge is 0.508 e. The molecule has 0 atom stereocenters. The van der Waals surface area contributed by atoms with Gasteiger partial charge < -0.3 is 19.9 Å². The van der Waals surface area contributed by atoms with Gasteiger partial charge in [0.2, 0.25) is 0 Å². The van der Waals surface area contributed by atoms with Crippen LogP contribution in [0.25, 0.3) is 0 Å². The Morgan fingerprint density at radius 3 is 2.60 bits per heavy atom. The zero-order valence-electron chi connectivity index (χ0n) is 11.7. The van der Waals surface area contributed by atoms with E-state index in [-0.39, 0.29) is 5.75 Å². The lowest BCUT2D eigenvalue weighted by Gasteiger charge is -2.12. The van der Waals surface area contributed by atoms with Gasteiger partial charge in [0.05, 0.1) is 7.11 Å². The van der Waals surface area contributed by atoms with Gasteiger partial charge in [-0.25, -0.2) is 0 Å². The second-order valence-corrected chi connectivity index (χ2v) is 4.47. The fourth-order valence-electron chi connectivity index (χ4n) is 1.95. The number of nitrogens with one attached hydrogen (secondary N) is 1. The molecule has 2 aromatic carbocycles. The molecule has 0 radical (unpaired) electrons. The van der Waals surface area contributed by atoms with E-state index in [1.165, 1.54) is 0 Å². The molecule has 0 heterocycles. The number of ether oxygens (including phenoxy) is 2. The SMILES string of the molecule is CNCc1ccc(OCc2cccc(O)c2)c(OC)c1. The Morgan fingerprint density at radius 1 is 1.05 bits per heavy atom. The van der Waals surface area contributed by atoms with Crippen molar-refractivity contribution in [3.05, 3.63) is 53.6 Å². The standard InChI is InChI=1S/C16H19NO3/c1-17-10-12-6-7-15(16(9-12)19-2)20-11-13-4-3-5-14(18)8-13/h3-9,17-18H,10-11H2,1-2H3. The van der Waals surface area contributed by atoms with E-state index in [0.29, 0.717) is 18.1 Å². The van der Waals surface area contributed by atoms with Crippen LogP contribution in [-0.2, 0) is 13.2 Å². The van der Waals surface area contributed by atoms with Gasteiger partial charge in [0, 0.05) is 6.54 Å². The van der Waals surface area contributed by atoms with E-state index in [2.05, 4.69) is 5.32 Å². The third-order valence-corrected chi connectivity index (χ3v) is 2.91. The van der Waals surface area contributed by atoms with E-state index in [0.717, 1.165) is 17.7 Å². The molecule has 2 N–H and O–H groups in total. The second kappa shape index (κ2) is 6.82. The van der Waals surface area contributed by atoms with Gasteiger partial charge in [-0.2, -0.15) is 0 Å². The molecule has 0 aliphatic carbocycles. The lowest BCUT2D eigenvalue weighted by Crippen LogP contribution is -2.05. The molecule has 0 aliphatic heterocycles. The maximum absolute atomic E-state index is 9.42. The highest BCUT2D eigenvalue weighted by Crippen LogP contribution is 2.29. The number of benzene rings is 2. The zero-order chi connectivity index (χ0) is 14.4. The topological polar surface area (TPSA) is 50.7 Å². The molecular weight excluding hydrogens is 254 g/mol. The first-order valence-corrected chi connectivity index (χ1v) is 6.45. The van der Waals surface area contributed by atoms with Gasteiger partial charge in [-0.15, -0.1) is 0 Å². The minimum Gasteiger partial charge on any atom is -0.508 e. The molecule has 4 heteroatoms. The normalized spacial score (nSPS) is 10.3. The smallest absolute Gasteiger partial charge is 0.161 e. The predicted octanol–water partition coefficient (Wildman–Crippen LogP) is 2.70. The number of rotatable bonds is 6. The quantitative estimate of drug-likeness (QED) is 0.849. The van der Waals surface area contributed by atoms with Crippen LogP contribution in [0.1, 0.15) is 11.1 Å². The van der Waals surface area contributed by atoms with Crippen LogP contribution < -0.4 is 14.8 Å². The summed E-state index contributed by atoms with van der Waals surface area (Å²) in [5, 5.41) is 12.5. The van der Waals surface area contributed by atoms with E-state index >= 15 is 0 Å². The van der Waals surface area contributed by atoms with Gasteiger partial charge in [0.1, 0.15) is 12.4 Å². The molecule has 0 bridgehead atoms. The second-order valence-electron chi connectivity index (χ2n) is 4.47. The summed E-state index contributed by atoms with van der Waals surface area (Å²) in [5.41, 5.74) is 2.04. The summed E-state index contributed by atoms with van der Waals surface area (Å²) in [7, 11) is 3.53. The van der Waals surface area contributed by atoms with Gasteiger partial charge >= 0.3 is 0 Å². The van der Waals surface area contributed by atoms with Crippen molar-refractivity contribution in [3.8, 4) is 17.2 Å². The minimum absolute atomic E-state index is 0.238. The van der Waals surface area contributed by atoms with E-state index < -0.39 is 0 Å². The van der Waals surface area contributed by atoms with Crippen LogP contribution in [0, 0.1) is 0 Å². The predicted molar refractivity (Wildman–Crippen MR) is 78.2 cm³/mol. The molecule has 0 amide bonds. The third kappa shape index (κ3) is 3.65. The molecule has 4 nitrogen and oxygen atoms in total. The molecule has 2 rings (SSSR count). The first-order chi connectivity index (χ1) is 9.72. The molecule has 0 spiro atoms. The number of hydrogen-bond acceptors (Lipinski definition) is 4.